The quantitative estimate of drug-likeness (QED) is 0.657. The van der Waals surface area contributed by atoms with Crippen LogP contribution in [0.25, 0.3) is 0 Å². The van der Waals surface area contributed by atoms with Crippen LogP contribution in [0.5, 0.6) is 5.75 Å². The van der Waals surface area contributed by atoms with Gasteiger partial charge in [-0.1, -0.05) is 0 Å². The Bertz CT molecular complexity index is 616. The van der Waals surface area contributed by atoms with Gasteiger partial charge in [0.05, 0.1) is 19.8 Å². The third-order valence-corrected chi connectivity index (χ3v) is 2.38. The molecule has 1 aromatic heterocycles. The number of hydrogen-bond acceptors (Lipinski definition) is 8. The molecule has 0 saturated heterocycles. The Labute approximate surface area is 127 Å². The van der Waals surface area contributed by atoms with Crippen LogP contribution in [0.3, 0.4) is 0 Å². The van der Waals surface area contributed by atoms with Gasteiger partial charge in [0.25, 0.3) is 0 Å². The third-order valence-electron chi connectivity index (χ3n) is 2.38. The molecule has 0 saturated carbocycles. The molecule has 22 heavy (non-hydrogen) atoms. The molecular weight excluding hydrogens is 294 g/mol. The maximum atomic E-state index is 12.1. The molecule has 0 aliphatic carbocycles. The maximum absolute atomic E-state index is 12.1. The normalized spacial score (nSPS) is 10.8. The number of aromatic hydroxyl groups is 1. The predicted molar refractivity (Wildman–Crippen MR) is 73.7 cm³/mol. The van der Waals surface area contributed by atoms with Gasteiger partial charge in [0.2, 0.25) is 0 Å². The highest BCUT2D eigenvalue weighted by Crippen LogP contribution is 2.23. The fourth-order valence-corrected chi connectivity index (χ4v) is 1.50. The molecule has 1 N–H and O–H groups in total. The minimum Gasteiger partial charge on any atom is -0.505 e. The Kier molecular flexibility index (Phi) is 5.08. The smallest absolute Gasteiger partial charge is 0.360 e. The summed E-state index contributed by atoms with van der Waals surface area (Å²) in [6.07, 6.45) is 0. The Morgan fingerprint density at radius 3 is 2.00 bits per heavy atom. The van der Waals surface area contributed by atoms with E-state index in [9.17, 15) is 19.5 Å². The Morgan fingerprint density at radius 1 is 1.00 bits per heavy atom. The number of esters is 3. The number of pyridine rings is 1. The number of rotatable bonds is 3. The molecule has 0 fully saturated rings. The second-order valence-electron chi connectivity index (χ2n) is 5.24. The molecule has 0 aromatic carbocycles. The molecule has 0 aliphatic heterocycles. The van der Waals surface area contributed by atoms with E-state index in [2.05, 4.69) is 14.5 Å². The summed E-state index contributed by atoms with van der Waals surface area (Å²) in [4.78, 5) is 39.1. The van der Waals surface area contributed by atoms with E-state index in [-0.39, 0.29) is 5.56 Å². The molecule has 0 atom stereocenters. The lowest BCUT2D eigenvalue weighted by Crippen LogP contribution is -2.26. The fraction of sp³-hybridized carbons (Fsp3) is 0.429. The van der Waals surface area contributed by atoms with E-state index < -0.39 is 40.6 Å². The first-order valence-corrected chi connectivity index (χ1v) is 6.24. The van der Waals surface area contributed by atoms with Crippen molar-refractivity contribution in [3.63, 3.8) is 0 Å². The largest absolute Gasteiger partial charge is 0.505 e. The lowest BCUT2D eigenvalue weighted by Gasteiger charge is -2.20. The number of nitrogens with zero attached hydrogens (tertiary/aromatic N) is 1. The number of carbonyl (C=O) groups excluding carboxylic acids is 3. The van der Waals surface area contributed by atoms with Crippen molar-refractivity contribution in [2.75, 3.05) is 14.2 Å². The highest BCUT2D eigenvalue weighted by atomic mass is 16.6. The first-order valence-electron chi connectivity index (χ1n) is 6.24. The molecule has 0 aliphatic rings. The molecular formula is C14H17NO7. The molecule has 1 heterocycles. The molecule has 0 spiro atoms. The zero-order chi connectivity index (χ0) is 17.1. The average Bonchev–Trinajstić information content (AvgIpc) is 2.43. The van der Waals surface area contributed by atoms with Crippen LogP contribution < -0.4 is 0 Å². The SMILES string of the molecule is COC(=O)c1cc(O)c(C(=O)OC)nc1C(=O)OC(C)(C)C. The summed E-state index contributed by atoms with van der Waals surface area (Å²) in [7, 11) is 2.19. The van der Waals surface area contributed by atoms with Crippen LogP contribution in [0.1, 0.15) is 52.1 Å². The van der Waals surface area contributed by atoms with Gasteiger partial charge in [-0.05, 0) is 26.8 Å². The van der Waals surface area contributed by atoms with Crippen molar-refractivity contribution in [2.45, 2.75) is 26.4 Å². The lowest BCUT2D eigenvalue weighted by molar-refractivity contribution is 0.00581. The molecule has 1 rings (SSSR count). The molecule has 120 valence electrons. The number of carbonyl (C=O) groups is 3. The lowest BCUT2D eigenvalue weighted by atomic mass is 10.1. The molecule has 0 bridgehead atoms. The van der Waals surface area contributed by atoms with Crippen molar-refractivity contribution in [3.05, 3.63) is 23.0 Å². The van der Waals surface area contributed by atoms with Gasteiger partial charge >= 0.3 is 17.9 Å². The monoisotopic (exact) mass is 311 g/mol. The van der Waals surface area contributed by atoms with Crippen LogP contribution in [-0.2, 0) is 14.2 Å². The Morgan fingerprint density at radius 2 is 1.55 bits per heavy atom. The third kappa shape index (κ3) is 3.94. The molecule has 1 aromatic rings. The average molecular weight is 311 g/mol. The number of methoxy groups -OCH3 is 2. The van der Waals surface area contributed by atoms with E-state index in [4.69, 9.17) is 4.74 Å². The predicted octanol–water partition coefficient (Wildman–Crippen LogP) is 1.32. The maximum Gasteiger partial charge on any atom is 0.360 e. The highest BCUT2D eigenvalue weighted by Gasteiger charge is 2.29. The minimum absolute atomic E-state index is 0.318. The summed E-state index contributed by atoms with van der Waals surface area (Å²) < 4.78 is 14.1. The van der Waals surface area contributed by atoms with Gasteiger partial charge in [0, 0.05) is 0 Å². The molecule has 0 unspecified atom stereocenters. The molecule has 8 nitrogen and oxygen atoms in total. The van der Waals surface area contributed by atoms with Gasteiger partial charge in [-0.15, -0.1) is 0 Å². The van der Waals surface area contributed by atoms with Crippen molar-refractivity contribution in [1.82, 2.24) is 4.98 Å². The van der Waals surface area contributed by atoms with Gasteiger partial charge in [0.15, 0.2) is 11.4 Å². The summed E-state index contributed by atoms with van der Waals surface area (Å²) in [6, 6.07) is 0.907. The molecule has 0 radical (unpaired) electrons. The number of aromatic nitrogens is 1. The van der Waals surface area contributed by atoms with Crippen molar-refractivity contribution in [2.24, 2.45) is 0 Å². The number of ether oxygens (including phenoxy) is 3. The van der Waals surface area contributed by atoms with Crippen LogP contribution in [0.15, 0.2) is 6.07 Å². The van der Waals surface area contributed by atoms with Crippen molar-refractivity contribution < 1.29 is 33.7 Å². The van der Waals surface area contributed by atoms with Crippen molar-refractivity contribution in [3.8, 4) is 5.75 Å². The minimum atomic E-state index is -0.960. The van der Waals surface area contributed by atoms with E-state index in [0.717, 1.165) is 20.3 Å². The summed E-state index contributed by atoms with van der Waals surface area (Å²) in [5.41, 5.74) is -2.10. The van der Waals surface area contributed by atoms with E-state index in [0.29, 0.717) is 0 Å². The van der Waals surface area contributed by atoms with Crippen LogP contribution in [0, 0.1) is 0 Å². The topological polar surface area (TPSA) is 112 Å². The van der Waals surface area contributed by atoms with Gasteiger partial charge in [-0.3, -0.25) is 0 Å². The van der Waals surface area contributed by atoms with E-state index in [1.54, 1.807) is 20.8 Å². The van der Waals surface area contributed by atoms with E-state index >= 15 is 0 Å². The molecule has 0 amide bonds. The molecule has 8 heteroatoms. The van der Waals surface area contributed by atoms with Gasteiger partial charge in [0.1, 0.15) is 11.4 Å². The zero-order valence-electron chi connectivity index (χ0n) is 12.9. The fourth-order valence-electron chi connectivity index (χ4n) is 1.50. The van der Waals surface area contributed by atoms with Crippen LogP contribution in [0.2, 0.25) is 0 Å². The summed E-state index contributed by atoms with van der Waals surface area (Å²) in [6.45, 7) is 4.89. The first-order chi connectivity index (χ1) is 10.1. The number of hydrogen-bond donors (Lipinski definition) is 1. The van der Waals surface area contributed by atoms with Crippen molar-refractivity contribution in [1.29, 1.82) is 0 Å². The summed E-state index contributed by atoms with van der Waals surface area (Å²) in [5, 5.41) is 9.75. The summed E-state index contributed by atoms with van der Waals surface area (Å²) in [5.74, 6) is -3.41. The second kappa shape index (κ2) is 6.42. The van der Waals surface area contributed by atoms with Gasteiger partial charge < -0.3 is 19.3 Å². The van der Waals surface area contributed by atoms with Crippen molar-refractivity contribution >= 4 is 17.9 Å². The Hall–Kier alpha value is -2.64. The second-order valence-corrected chi connectivity index (χ2v) is 5.24. The standard InChI is InChI=1S/C14H17NO7/c1-14(2,3)22-13(19)9-7(11(17)20-4)6-8(16)10(15-9)12(18)21-5/h6,16H,1-5H3. The van der Waals surface area contributed by atoms with Gasteiger partial charge in [-0.2, -0.15) is 0 Å². The highest BCUT2D eigenvalue weighted by molar-refractivity contribution is 6.03. The van der Waals surface area contributed by atoms with Crippen LogP contribution >= 0.6 is 0 Å². The van der Waals surface area contributed by atoms with Crippen LogP contribution in [0.4, 0.5) is 0 Å². The van der Waals surface area contributed by atoms with E-state index in [1.165, 1.54) is 0 Å². The summed E-state index contributed by atoms with van der Waals surface area (Å²) >= 11 is 0. The van der Waals surface area contributed by atoms with Crippen LogP contribution in [-0.4, -0.2) is 47.8 Å². The van der Waals surface area contributed by atoms with Gasteiger partial charge in [-0.25, -0.2) is 19.4 Å². The zero-order valence-corrected chi connectivity index (χ0v) is 12.9. The first kappa shape index (κ1) is 17.4. The Balaban J connectivity index is 3.46. The van der Waals surface area contributed by atoms with E-state index in [1.807, 2.05) is 0 Å².